The molecule has 0 atom stereocenters. The van der Waals surface area contributed by atoms with E-state index in [1.807, 2.05) is 66.7 Å². The van der Waals surface area contributed by atoms with Crippen LogP contribution in [0.3, 0.4) is 0 Å². The standard InChI is InChI=1S/C37H30ClN3O4S/c38-29-13-7-14-30(22-29)39-35(42)25-46-33-16-8-15-31(23-33)40-37(44)34(41-36(43)28-11-5-2-6-12-28)21-26-17-19-32(20-18-26)45-24-27-9-3-1-4-10-27/h1-23H,24-25H2,(H,39,42)(H,40,44)(H,41,43)/b34-21+. The van der Waals surface area contributed by atoms with Gasteiger partial charge in [0.2, 0.25) is 5.91 Å². The molecule has 0 saturated carbocycles. The lowest BCUT2D eigenvalue weighted by Crippen LogP contribution is -2.30. The number of carbonyl (C=O) groups is 3. The summed E-state index contributed by atoms with van der Waals surface area (Å²) in [5, 5.41) is 8.98. The SMILES string of the molecule is O=C(CSc1cccc(NC(=O)/C(=C\c2ccc(OCc3ccccc3)cc2)NC(=O)c2ccccc2)c1)Nc1cccc(Cl)c1. The molecule has 0 aliphatic rings. The maximum Gasteiger partial charge on any atom is 0.272 e. The lowest BCUT2D eigenvalue weighted by Gasteiger charge is -2.12. The largest absolute Gasteiger partial charge is 0.489 e. The Morgan fingerprint density at radius 3 is 2.11 bits per heavy atom. The first kappa shape index (κ1) is 32.1. The van der Waals surface area contributed by atoms with E-state index in [-0.39, 0.29) is 17.4 Å². The molecule has 0 aromatic heterocycles. The number of benzene rings is 5. The molecule has 0 aliphatic heterocycles. The van der Waals surface area contributed by atoms with E-state index in [2.05, 4.69) is 16.0 Å². The van der Waals surface area contributed by atoms with Crippen molar-refractivity contribution in [1.82, 2.24) is 5.32 Å². The Bertz CT molecular complexity index is 1830. The average molecular weight is 648 g/mol. The molecule has 230 valence electrons. The van der Waals surface area contributed by atoms with Crippen molar-refractivity contribution in [1.29, 1.82) is 0 Å². The van der Waals surface area contributed by atoms with E-state index in [1.54, 1.807) is 72.8 Å². The highest BCUT2D eigenvalue weighted by Crippen LogP contribution is 2.23. The van der Waals surface area contributed by atoms with Gasteiger partial charge in [0.25, 0.3) is 11.8 Å². The van der Waals surface area contributed by atoms with Crippen molar-refractivity contribution in [3.05, 3.63) is 161 Å². The number of thioether (sulfide) groups is 1. The number of rotatable bonds is 12. The normalized spacial score (nSPS) is 10.9. The van der Waals surface area contributed by atoms with Gasteiger partial charge in [0.1, 0.15) is 18.1 Å². The van der Waals surface area contributed by atoms with E-state index in [0.29, 0.717) is 39.9 Å². The summed E-state index contributed by atoms with van der Waals surface area (Å²) in [6.45, 7) is 0.431. The van der Waals surface area contributed by atoms with Crippen LogP contribution in [0.15, 0.2) is 144 Å². The fraction of sp³-hybridized carbons (Fsp3) is 0.0541. The van der Waals surface area contributed by atoms with Crippen LogP contribution in [0.5, 0.6) is 5.75 Å². The predicted molar refractivity (Wildman–Crippen MR) is 185 cm³/mol. The Morgan fingerprint density at radius 2 is 1.39 bits per heavy atom. The van der Waals surface area contributed by atoms with Crippen LogP contribution in [0.1, 0.15) is 21.5 Å². The number of amides is 3. The highest BCUT2D eigenvalue weighted by atomic mass is 35.5. The minimum absolute atomic E-state index is 0.0609. The minimum Gasteiger partial charge on any atom is -0.489 e. The molecule has 0 fully saturated rings. The van der Waals surface area contributed by atoms with Gasteiger partial charge in [0.05, 0.1) is 5.75 Å². The van der Waals surface area contributed by atoms with Crippen molar-refractivity contribution in [3.8, 4) is 5.75 Å². The summed E-state index contributed by atoms with van der Waals surface area (Å²) in [7, 11) is 0. The molecule has 0 bridgehead atoms. The first-order valence-electron chi connectivity index (χ1n) is 14.4. The highest BCUT2D eigenvalue weighted by Gasteiger charge is 2.16. The second-order valence-electron chi connectivity index (χ2n) is 10.1. The summed E-state index contributed by atoms with van der Waals surface area (Å²) in [6, 6.07) is 39.9. The van der Waals surface area contributed by atoms with E-state index < -0.39 is 11.8 Å². The number of hydrogen-bond acceptors (Lipinski definition) is 5. The molecule has 7 nitrogen and oxygen atoms in total. The van der Waals surface area contributed by atoms with E-state index in [4.69, 9.17) is 16.3 Å². The fourth-order valence-electron chi connectivity index (χ4n) is 4.28. The summed E-state index contributed by atoms with van der Waals surface area (Å²) in [4.78, 5) is 39.8. The molecule has 9 heteroatoms. The van der Waals surface area contributed by atoms with Crippen molar-refractivity contribution in [2.24, 2.45) is 0 Å². The van der Waals surface area contributed by atoms with Gasteiger partial charge in [-0.05, 0) is 77.9 Å². The Kier molecular flexibility index (Phi) is 11.3. The molecule has 0 aliphatic carbocycles. The second kappa shape index (κ2) is 16.1. The van der Waals surface area contributed by atoms with Crippen molar-refractivity contribution < 1.29 is 19.1 Å². The number of hydrogen-bond donors (Lipinski definition) is 3. The Morgan fingerprint density at radius 1 is 0.717 bits per heavy atom. The van der Waals surface area contributed by atoms with Crippen molar-refractivity contribution >= 4 is 58.5 Å². The third kappa shape index (κ3) is 9.85. The second-order valence-corrected chi connectivity index (χ2v) is 11.5. The topological polar surface area (TPSA) is 96.5 Å². The summed E-state index contributed by atoms with van der Waals surface area (Å²) < 4.78 is 5.88. The number of ether oxygens (including phenoxy) is 1. The van der Waals surface area contributed by atoms with Crippen molar-refractivity contribution in [2.75, 3.05) is 16.4 Å². The van der Waals surface area contributed by atoms with Gasteiger partial charge in [-0.2, -0.15) is 0 Å². The van der Waals surface area contributed by atoms with Crippen LogP contribution in [0.4, 0.5) is 11.4 Å². The lowest BCUT2D eigenvalue weighted by molar-refractivity contribution is -0.114. The molecule has 0 radical (unpaired) electrons. The van der Waals surface area contributed by atoms with Crippen LogP contribution in [-0.2, 0) is 16.2 Å². The van der Waals surface area contributed by atoms with Gasteiger partial charge in [-0.25, -0.2) is 0 Å². The van der Waals surface area contributed by atoms with Crippen LogP contribution in [0, 0.1) is 0 Å². The van der Waals surface area contributed by atoms with Gasteiger partial charge < -0.3 is 20.7 Å². The van der Waals surface area contributed by atoms with Crippen LogP contribution in [-0.4, -0.2) is 23.5 Å². The molecular weight excluding hydrogens is 618 g/mol. The average Bonchev–Trinajstić information content (AvgIpc) is 3.08. The Balaban J connectivity index is 1.26. The quantitative estimate of drug-likeness (QED) is 0.0940. The van der Waals surface area contributed by atoms with E-state index >= 15 is 0 Å². The molecule has 5 rings (SSSR count). The zero-order valence-corrected chi connectivity index (χ0v) is 26.2. The van der Waals surface area contributed by atoms with Crippen LogP contribution < -0.4 is 20.7 Å². The van der Waals surface area contributed by atoms with Crippen LogP contribution in [0.2, 0.25) is 5.02 Å². The third-order valence-corrected chi connectivity index (χ3v) is 7.77. The van der Waals surface area contributed by atoms with Gasteiger partial charge in [-0.15, -0.1) is 11.8 Å². The van der Waals surface area contributed by atoms with Gasteiger partial charge in [-0.3, -0.25) is 14.4 Å². The van der Waals surface area contributed by atoms with E-state index in [1.165, 1.54) is 11.8 Å². The van der Waals surface area contributed by atoms with Crippen molar-refractivity contribution in [2.45, 2.75) is 11.5 Å². The summed E-state index contributed by atoms with van der Waals surface area (Å²) in [5.41, 5.74) is 3.35. The third-order valence-electron chi connectivity index (χ3n) is 6.54. The summed E-state index contributed by atoms with van der Waals surface area (Å²) >= 11 is 7.32. The molecule has 3 amide bonds. The first-order valence-corrected chi connectivity index (χ1v) is 15.7. The monoisotopic (exact) mass is 647 g/mol. The smallest absolute Gasteiger partial charge is 0.272 e. The Hall–Kier alpha value is -5.31. The number of carbonyl (C=O) groups excluding carboxylic acids is 3. The molecule has 0 saturated heterocycles. The number of halogens is 1. The van der Waals surface area contributed by atoms with Crippen molar-refractivity contribution in [3.63, 3.8) is 0 Å². The lowest BCUT2D eigenvalue weighted by atomic mass is 10.1. The zero-order valence-electron chi connectivity index (χ0n) is 24.6. The molecule has 0 heterocycles. The van der Waals surface area contributed by atoms with Gasteiger partial charge in [0, 0.05) is 26.9 Å². The molecular formula is C37H30ClN3O4S. The molecule has 5 aromatic carbocycles. The van der Waals surface area contributed by atoms with E-state index in [9.17, 15) is 14.4 Å². The Labute approximate surface area is 276 Å². The molecule has 0 unspecified atom stereocenters. The van der Waals surface area contributed by atoms with Crippen LogP contribution in [0.25, 0.3) is 6.08 Å². The highest BCUT2D eigenvalue weighted by molar-refractivity contribution is 8.00. The fourth-order valence-corrected chi connectivity index (χ4v) is 5.23. The zero-order chi connectivity index (χ0) is 32.1. The maximum absolute atomic E-state index is 13.5. The molecule has 46 heavy (non-hydrogen) atoms. The number of nitrogens with one attached hydrogen (secondary N) is 3. The summed E-state index contributed by atoms with van der Waals surface area (Å²) in [6.07, 6.45) is 1.61. The maximum atomic E-state index is 13.5. The van der Waals surface area contributed by atoms with Gasteiger partial charge >= 0.3 is 0 Å². The van der Waals surface area contributed by atoms with Gasteiger partial charge in [0.15, 0.2) is 0 Å². The first-order chi connectivity index (χ1) is 22.4. The van der Waals surface area contributed by atoms with Crippen LogP contribution >= 0.6 is 23.4 Å². The summed E-state index contributed by atoms with van der Waals surface area (Å²) in [5.74, 6) is -0.273. The molecule has 0 spiro atoms. The van der Waals surface area contributed by atoms with Gasteiger partial charge in [-0.1, -0.05) is 84.4 Å². The predicted octanol–water partition coefficient (Wildman–Crippen LogP) is 8.06. The number of anilines is 2. The van der Waals surface area contributed by atoms with E-state index in [0.717, 1.165) is 10.5 Å². The minimum atomic E-state index is -0.505. The molecule has 5 aromatic rings. The molecule has 3 N–H and O–H groups in total.